The molecule has 1 aliphatic rings. The first-order valence-electron chi connectivity index (χ1n) is 6.55. The third kappa shape index (κ3) is 3.53. The van der Waals surface area contributed by atoms with E-state index in [1.807, 2.05) is 0 Å². The summed E-state index contributed by atoms with van der Waals surface area (Å²) in [6, 6.07) is 1.34. The van der Waals surface area contributed by atoms with Crippen molar-refractivity contribution in [3.8, 4) is 0 Å². The highest BCUT2D eigenvalue weighted by Crippen LogP contribution is 2.27. The van der Waals surface area contributed by atoms with Crippen molar-refractivity contribution in [2.75, 3.05) is 13.1 Å². The van der Waals surface area contributed by atoms with E-state index in [-0.39, 0.29) is 30.6 Å². The van der Waals surface area contributed by atoms with Gasteiger partial charge in [-0.2, -0.15) is 4.31 Å². The van der Waals surface area contributed by atoms with Crippen LogP contribution in [0.2, 0.25) is 0 Å². The first kappa shape index (κ1) is 18.3. The Morgan fingerprint density at radius 3 is 2.57 bits per heavy atom. The van der Waals surface area contributed by atoms with Crippen molar-refractivity contribution in [3.63, 3.8) is 0 Å². The van der Waals surface area contributed by atoms with Crippen LogP contribution in [-0.4, -0.2) is 31.9 Å². The number of sulfonamides is 1. The smallest absolute Gasteiger partial charge is 0.246 e. The lowest BCUT2D eigenvalue weighted by atomic mass is 10.1. The Labute approximate surface area is 129 Å². The maximum Gasteiger partial charge on any atom is 0.246 e. The molecule has 1 aliphatic heterocycles. The second kappa shape index (κ2) is 7.00. The van der Waals surface area contributed by atoms with Gasteiger partial charge in [0.15, 0.2) is 0 Å². The molecule has 2 rings (SSSR count). The van der Waals surface area contributed by atoms with Crippen LogP contribution in [-0.2, 0) is 10.0 Å². The van der Waals surface area contributed by atoms with E-state index in [0.29, 0.717) is 19.0 Å². The van der Waals surface area contributed by atoms with Crippen molar-refractivity contribution < 1.29 is 17.2 Å². The highest BCUT2D eigenvalue weighted by molar-refractivity contribution is 7.89. The van der Waals surface area contributed by atoms with E-state index in [0.717, 1.165) is 18.9 Å². The predicted octanol–water partition coefficient (Wildman–Crippen LogP) is 2.20. The van der Waals surface area contributed by atoms with Gasteiger partial charge in [0.2, 0.25) is 10.0 Å². The summed E-state index contributed by atoms with van der Waals surface area (Å²) < 4.78 is 53.4. The molecular formula is C13H19ClF2N2O2S. The van der Waals surface area contributed by atoms with E-state index >= 15 is 0 Å². The Kier molecular flexibility index (Phi) is 6.10. The second-order valence-electron chi connectivity index (χ2n) is 5.03. The quantitative estimate of drug-likeness (QED) is 0.917. The van der Waals surface area contributed by atoms with Crippen LogP contribution in [0.5, 0.6) is 0 Å². The minimum Gasteiger partial charge on any atom is -0.329 e. The average molecular weight is 341 g/mol. The number of halogens is 3. The monoisotopic (exact) mass is 340 g/mol. The highest BCUT2D eigenvalue weighted by atomic mass is 35.5. The van der Waals surface area contributed by atoms with Crippen molar-refractivity contribution in [1.82, 2.24) is 4.31 Å². The second-order valence-corrected chi connectivity index (χ2v) is 6.89. The number of benzene rings is 1. The van der Waals surface area contributed by atoms with Crippen LogP contribution in [0.4, 0.5) is 8.78 Å². The van der Waals surface area contributed by atoms with E-state index in [9.17, 15) is 17.2 Å². The van der Waals surface area contributed by atoms with Gasteiger partial charge in [0.1, 0.15) is 16.5 Å². The molecule has 0 saturated carbocycles. The van der Waals surface area contributed by atoms with Crippen LogP contribution in [0.1, 0.15) is 24.8 Å². The fourth-order valence-corrected chi connectivity index (χ4v) is 4.32. The summed E-state index contributed by atoms with van der Waals surface area (Å²) in [5.74, 6) is -1.81. The molecule has 1 unspecified atom stereocenters. The topological polar surface area (TPSA) is 63.4 Å². The van der Waals surface area contributed by atoms with Crippen LogP contribution in [0, 0.1) is 18.6 Å². The van der Waals surface area contributed by atoms with E-state index in [1.54, 1.807) is 0 Å². The van der Waals surface area contributed by atoms with Gasteiger partial charge in [0.25, 0.3) is 0 Å². The van der Waals surface area contributed by atoms with Crippen molar-refractivity contribution in [1.29, 1.82) is 0 Å². The van der Waals surface area contributed by atoms with Crippen LogP contribution in [0.15, 0.2) is 17.0 Å². The van der Waals surface area contributed by atoms with Crippen LogP contribution >= 0.6 is 12.4 Å². The molecule has 0 aliphatic carbocycles. The van der Waals surface area contributed by atoms with Crippen molar-refractivity contribution in [2.24, 2.45) is 5.73 Å². The summed E-state index contributed by atoms with van der Waals surface area (Å²) in [5, 5.41) is 0. The van der Waals surface area contributed by atoms with Gasteiger partial charge in [-0.1, -0.05) is 6.42 Å². The first-order chi connectivity index (χ1) is 9.37. The van der Waals surface area contributed by atoms with Crippen molar-refractivity contribution >= 4 is 22.4 Å². The zero-order chi connectivity index (χ0) is 14.9. The Bertz CT molecular complexity index is 610. The van der Waals surface area contributed by atoms with Gasteiger partial charge in [-0.3, -0.25) is 0 Å². The lowest BCUT2D eigenvalue weighted by Crippen LogP contribution is -2.47. The first-order valence-corrected chi connectivity index (χ1v) is 7.99. The van der Waals surface area contributed by atoms with E-state index in [4.69, 9.17) is 5.73 Å². The van der Waals surface area contributed by atoms with Crippen LogP contribution < -0.4 is 5.73 Å². The number of hydrogen-bond donors (Lipinski definition) is 1. The zero-order valence-corrected chi connectivity index (χ0v) is 13.3. The standard InChI is InChI=1S/C13H18F2N2O2S.ClH/c1-9-6-13(12(15)7-11(9)14)20(18,19)17-5-3-2-4-10(17)8-16;/h6-7,10H,2-5,8,16H2,1H3;1H. The lowest BCUT2D eigenvalue weighted by Gasteiger charge is -2.34. The highest BCUT2D eigenvalue weighted by Gasteiger charge is 2.34. The zero-order valence-electron chi connectivity index (χ0n) is 11.7. The van der Waals surface area contributed by atoms with Gasteiger partial charge in [0.05, 0.1) is 0 Å². The van der Waals surface area contributed by atoms with E-state index in [1.165, 1.54) is 11.2 Å². The number of hydrogen-bond acceptors (Lipinski definition) is 3. The lowest BCUT2D eigenvalue weighted by molar-refractivity contribution is 0.257. The Hall–Kier alpha value is -0.760. The molecule has 1 atom stereocenters. The van der Waals surface area contributed by atoms with Crippen molar-refractivity contribution in [2.45, 2.75) is 37.1 Å². The minimum absolute atomic E-state index is 0. The van der Waals surface area contributed by atoms with Gasteiger partial charge in [0, 0.05) is 25.2 Å². The molecule has 8 heteroatoms. The summed E-state index contributed by atoms with van der Waals surface area (Å²) in [4.78, 5) is -0.475. The van der Waals surface area contributed by atoms with Crippen LogP contribution in [0.3, 0.4) is 0 Å². The largest absolute Gasteiger partial charge is 0.329 e. The molecule has 0 spiro atoms. The van der Waals surface area contributed by atoms with Gasteiger partial charge in [-0.15, -0.1) is 12.4 Å². The SMILES string of the molecule is Cc1cc(S(=O)(=O)N2CCCCC2CN)c(F)cc1F.Cl. The molecule has 1 saturated heterocycles. The predicted molar refractivity (Wildman–Crippen MR) is 78.9 cm³/mol. The summed E-state index contributed by atoms with van der Waals surface area (Å²) >= 11 is 0. The maximum absolute atomic E-state index is 13.8. The van der Waals surface area contributed by atoms with Crippen LogP contribution in [0.25, 0.3) is 0 Å². The molecule has 1 aromatic rings. The number of nitrogens with two attached hydrogens (primary N) is 1. The minimum atomic E-state index is -3.98. The van der Waals surface area contributed by atoms with Crippen molar-refractivity contribution in [3.05, 3.63) is 29.3 Å². The summed E-state index contributed by atoms with van der Waals surface area (Å²) in [7, 11) is -3.98. The molecule has 1 fully saturated rings. The number of piperidine rings is 1. The molecule has 0 bridgehead atoms. The van der Waals surface area contributed by atoms with Gasteiger partial charge in [-0.25, -0.2) is 17.2 Å². The number of rotatable bonds is 3. The summed E-state index contributed by atoms with van der Waals surface area (Å²) in [6.07, 6.45) is 2.29. The molecule has 0 amide bonds. The fourth-order valence-electron chi connectivity index (χ4n) is 2.48. The molecule has 1 heterocycles. The molecule has 0 aromatic heterocycles. The van der Waals surface area contributed by atoms with Gasteiger partial charge < -0.3 is 5.73 Å². The molecule has 1 aromatic carbocycles. The molecule has 21 heavy (non-hydrogen) atoms. The van der Waals surface area contributed by atoms with E-state index in [2.05, 4.69) is 0 Å². The molecule has 0 radical (unpaired) electrons. The average Bonchev–Trinajstić information content (AvgIpc) is 2.42. The van der Waals surface area contributed by atoms with Gasteiger partial charge >= 0.3 is 0 Å². The third-order valence-corrected chi connectivity index (χ3v) is 5.61. The summed E-state index contributed by atoms with van der Waals surface area (Å²) in [6.45, 7) is 1.92. The Balaban J connectivity index is 0.00000220. The number of nitrogens with zero attached hydrogens (tertiary/aromatic N) is 1. The third-order valence-electron chi connectivity index (χ3n) is 3.64. The summed E-state index contributed by atoms with van der Waals surface area (Å²) in [5.41, 5.74) is 5.70. The van der Waals surface area contributed by atoms with E-state index < -0.39 is 26.6 Å². The van der Waals surface area contributed by atoms with Gasteiger partial charge in [-0.05, 0) is 31.4 Å². The Morgan fingerprint density at radius 1 is 1.29 bits per heavy atom. The fraction of sp³-hybridized carbons (Fsp3) is 0.538. The molecule has 2 N–H and O–H groups in total. The molecular weight excluding hydrogens is 322 g/mol. The number of aryl methyl sites for hydroxylation is 1. The molecule has 4 nitrogen and oxygen atoms in total. The normalized spacial score (nSPS) is 20.1. The Morgan fingerprint density at radius 2 is 1.95 bits per heavy atom. The molecule has 120 valence electrons. The maximum atomic E-state index is 13.8.